The summed E-state index contributed by atoms with van der Waals surface area (Å²) in [5.41, 5.74) is 5.55. The van der Waals surface area contributed by atoms with Crippen LogP contribution in [-0.2, 0) is 0 Å². The number of carbonyl (C=O) groups is 1. The normalized spacial score (nSPS) is 10.2. The van der Waals surface area contributed by atoms with Crippen LogP contribution < -0.4 is 5.73 Å². The minimum absolute atomic E-state index is 0.0754. The van der Waals surface area contributed by atoms with Crippen LogP contribution in [0.1, 0.15) is 30.6 Å². The number of amides is 1. The smallest absolute Gasteiger partial charge is 0.256 e. The van der Waals surface area contributed by atoms with E-state index in [1.54, 1.807) is 0 Å². The zero-order chi connectivity index (χ0) is 13.7. The van der Waals surface area contributed by atoms with E-state index in [4.69, 9.17) is 11.0 Å². The number of hydrogen-bond acceptors (Lipinski definition) is 3. The van der Waals surface area contributed by atoms with E-state index in [2.05, 4.69) is 0 Å². The minimum atomic E-state index is -0.607. The highest BCUT2D eigenvalue weighted by Gasteiger charge is 2.21. The SMILES string of the molecule is CC(C)N(CCC#N)C(=O)c1cccc(F)c1N. The molecule has 0 aliphatic carbocycles. The molecule has 0 unspecified atom stereocenters. The fourth-order valence-electron chi connectivity index (χ4n) is 1.64. The molecule has 0 radical (unpaired) electrons. The first-order valence-electron chi connectivity index (χ1n) is 5.71. The Bertz CT molecular complexity index is 480. The van der Waals surface area contributed by atoms with E-state index < -0.39 is 5.82 Å². The molecule has 1 amide bonds. The van der Waals surface area contributed by atoms with Crippen molar-refractivity contribution >= 4 is 11.6 Å². The lowest BCUT2D eigenvalue weighted by atomic mass is 10.1. The highest BCUT2D eigenvalue weighted by Crippen LogP contribution is 2.19. The standard InChI is InChI=1S/C13H16FN3O/c1-9(2)17(8-4-7-15)13(18)10-5-3-6-11(14)12(10)16/h3,5-6,9H,4,8,16H2,1-2H3. The van der Waals surface area contributed by atoms with Crippen LogP contribution in [-0.4, -0.2) is 23.4 Å². The van der Waals surface area contributed by atoms with Crippen molar-refractivity contribution in [2.75, 3.05) is 12.3 Å². The van der Waals surface area contributed by atoms with E-state index in [-0.39, 0.29) is 29.6 Å². The van der Waals surface area contributed by atoms with Gasteiger partial charge in [0, 0.05) is 12.6 Å². The zero-order valence-electron chi connectivity index (χ0n) is 10.5. The molecule has 0 saturated carbocycles. The Hall–Kier alpha value is -2.09. The van der Waals surface area contributed by atoms with Gasteiger partial charge in [-0.25, -0.2) is 4.39 Å². The van der Waals surface area contributed by atoms with Gasteiger partial charge in [0.1, 0.15) is 5.82 Å². The van der Waals surface area contributed by atoms with E-state index in [0.717, 1.165) is 0 Å². The quantitative estimate of drug-likeness (QED) is 0.831. The summed E-state index contributed by atoms with van der Waals surface area (Å²) in [5.74, 6) is -0.956. The number of carbonyl (C=O) groups excluding carboxylic acids is 1. The van der Waals surface area contributed by atoms with E-state index in [1.165, 1.54) is 23.1 Å². The summed E-state index contributed by atoms with van der Waals surface area (Å²) in [6, 6.07) is 6.05. The van der Waals surface area contributed by atoms with Crippen LogP contribution in [0.3, 0.4) is 0 Å². The van der Waals surface area contributed by atoms with Gasteiger partial charge < -0.3 is 10.6 Å². The third-order valence-electron chi connectivity index (χ3n) is 2.63. The van der Waals surface area contributed by atoms with E-state index in [9.17, 15) is 9.18 Å². The monoisotopic (exact) mass is 249 g/mol. The Morgan fingerprint density at radius 3 is 2.78 bits per heavy atom. The fraction of sp³-hybridized carbons (Fsp3) is 0.385. The number of nitrogen functional groups attached to an aromatic ring is 1. The number of anilines is 1. The molecule has 0 heterocycles. The fourth-order valence-corrected chi connectivity index (χ4v) is 1.64. The predicted octanol–water partition coefficient (Wildman–Crippen LogP) is 2.17. The second-order valence-corrected chi connectivity index (χ2v) is 4.20. The van der Waals surface area contributed by atoms with Crippen LogP contribution in [0, 0.1) is 17.1 Å². The maximum absolute atomic E-state index is 13.3. The number of rotatable bonds is 4. The van der Waals surface area contributed by atoms with Crippen molar-refractivity contribution in [2.24, 2.45) is 0 Å². The van der Waals surface area contributed by atoms with Crippen LogP contribution in [0.5, 0.6) is 0 Å². The van der Waals surface area contributed by atoms with Crippen LogP contribution >= 0.6 is 0 Å². The number of nitrogens with two attached hydrogens (primary N) is 1. The molecule has 1 rings (SSSR count). The van der Waals surface area contributed by atoms with Crippen molar-refractivity contribution in [3.05, 3.63) is 29.6 Å². The molecule has 18 heavy (non-hydrogen) atoms. The molecule has 0 aliphatic heterocycles. The van der Waals surface area contributed by atoms with E-state index >= 15 is 0 Å². The lowest BCUT2D eigenvalue weighted by Crippen LogP contribution is -2.38. The van der Waals surface area contributed by atoms with Gasteiger partial charge in [-0.2, -0.15) is 5.26 Å². The van der Waals surface area contributed by atoms with Gasteiger partial charge in [0.25, 0.3) is 5.91 Å². The van der Waals surface area contributed by atoms with Crippen molar-refractivity contribution in [2.45, 2.75) is 26.3 Å². The minimum Gasteiger partial charge on any atom is -0.396 e. The average Bonchev–Trinajstić information content (AvgIpc) is 2.32. The second kappa shape index (κ2) is 6.01. The molecule has 96 valence electrons. The topological polar surface area (TPSA) is 70.1 Å². The molecule has 0 fully saturated rings. The molecule has 2 N–H and O–H groups in total. The van der Waals surface area contributed by atoms with Crippen LogP contribution in [0.15, 0.2) is 18.2 Å². The van der Waals surface area contributed by atoms with E-state index in [1.807, 2.05) is 19.9 Å². The summed E-state index contributed by atoms with van der Waals surface area (Å²) in [4.78, 5) is 13.7. The summed E-state index contributed by atoms with van der Waals surface area (Å²) >= 11 is 0. The van der Waals surface area contributed by atoms with Gasteiger partial charge in [0.05, 0.1) is 23.7 Å². The van der Waals surface area contributed by atoms with Crippen LogP contribution in [0.25, 0.3) is 0 Å². The molecule has 0 aromatic heterocycles. The van der Waals surface area contributed by atoms with Crippen molar-refractivity contribution in [3.63, 3.8) is 0 Å². The number of para-hydroxylation sites is 1. The van der Waals surface area contributed by atoms with Crippen molar-refractivity contribution in [1.82, 2.24) is 4.90 Å². The first-order chi connectivity index (χ1) is 8.49. The van der Waals surface area contributed by atoms with Gasteiger partial charge in [-0.05, 0) is 26.0 Å². The highest BCUT2D eigenvalue weighted by atomic mass is 19.1. The average molecular weight is 249 g/mol. The van der Waals surface area contributed by atoms with Gasteiger partial charge in [0.15, 0.2) is 0 Å². The zero-order valence-corrected chi connectivity index (χ0v) is 10.5. The predicted molar refractivity (Wildman–Crippen MR) is 67.2 cm³/mol. The first kappa shape index (κ1) is 14.0. The van der Waals surface area contributed by atoms with Gasteiger partial charge in [-0.15, -0.1) is 0 Å². The van der Waals surface area contributed by atoms with Crippen LogP contribution in [0.2, 0.25) is 0 Å². The Kier molecular flexibility index (Phi) is 4.67. The second-order valence-electron chi connectivity index (χ2n) is 4.20. The Morgan fingerprint density at radius 1 is 1.56 bits per heavy atom. The Labute approximate surface area is 106 Å². The van der Waals surface area contributed by atoms with E-state index in [0.29, 0.717) is 6.54 Å². The molecule has 0 aliphatic rings. The third-order valence-corrected chi connectivity index (χ3v) is 2.63. The lowest BCUT2D eigenvalue weighted by molar-refractivity contribution is 0.0711. The first-order valence-corrected chi connectivity index (χ1v) is 5.71. The molecular formula is C13H16FN3O. The maximum Gasteiger partial charge on any atom is 0.256 e. The molecular weight excluding hydrogens is 233 g/mol. The number of nitriles is 1. The summed E-state index contributed by atoms with van der Waals surface area (Å²) < 4.78 is 13.3. The van der Waals surface area contributed by atoms with Crippen LogP contribution in [0.4, 0.5) is 10.1 Å². The van der Waals surface area contributed by atoms with Crippen molar-refractivity contribution < 1.29 is 9.18 Å². The van der Waals surface area contributed by atoms with Gasteiger partial charge in [0.2, 0.25) is 0 Å². The Morgan fingerprint density at radius 2 is 2.22 bits per heavy atom. The molecule has 1 aromatic carbocycles. The molecule has 5 heteroatoms. The highest BCUT2D eigenvalue weighted by molar-refractivity contribution is 5.99. The summed E-state index contributed by atoms with van der Waals surface area (Å²) in [5, 5.41) is 8.58. The number of hydrogen-bond donors (Lipinski definition) is 1. The molecule has 4 nitrogen and oxygen atoms in total. The summed E-state index contributed by atoms with van der Waals surface area (Å²) in [7, 11) is 0. The summed E-state index contributed by atoms with van der Waals surface area (Å²) in [6.45, 7) is 3.98. The van der Waals surface area contributed by atoms with Gasteiger partial charge in [-0.1, -0.05) is 6.07 Å². The van der Waals surface area contributed by atoms with Crippen molar-refractivity contribution in [1.29, 1.82) is 5.26 Å². The molecule has 0 bridgehead atoms. The van der Waals surface area contributed by atoms with Crippen molar-refractivity contribution in [3.8, 4) is 6.07 Å². The maximum atomic E-state index is 13.3. The molecule has 0 atom stereocenters. The number of nitrogens with zero attached hydrogens (tertiary/aromatic N) is 2. The Balaban J connectivity index is 3.03. The largest absolute Gasteiger partial charge is 0.396 e. The molecule has 0 spiro atoms. The van der Waals surface area contributed by atoms with Gasteiger partial charge in [-0.3, -0.25) is 4.79 Å². The third kappa shape index (κ3) is 2.98. The summed E-state index contributed by atoms with van der Waals surface area (Å²) in [6.07, 6.45) is 0.235. The lowest BCUT2D eigenvalue weighted by Gasteiger charge is -2.26. The molecule has 0 saturated heterocycles. The number of benzene rings is 1. The van der Waals surface area contributed by atoms with Gasteiger partial charge >= 0.3 is 0 Å². The molecule has 1 aromatic rings. The number of halogens is 1.